The maximum absolute atomic E-state index is 12.4. The summed E-state index contributed by atoms with van der Waals surface area (Å²) in [5.74, 6) is 0.379. The van der Waals surface area contributed by atoms with Crippen molar-refractivity contribution in [3.63, 3.8) is 0 Å². The normalized spacial score (nSPS) is 10.4. The second kappa shape index (κ2) is 7.97. The topological polar surface area (TPSA) is 58.1 Å². The van der Waals surface area contributed by atoms with E-state index < -0.39 is 0 Å². The molecular formula is C20H19ClN4O. The van der Waals surface area contributed by atoms with E-state index in [1.54, 1.807) is 18.3 Å². The molecule has 6 heteroatoms. The molecule has 3 aromatic rings. The van der Waals surface area contributed by atoms with E-state index in [2.05, 4.69) is 27.4 Å². The summed E-state index contributed by atoms with van der Waals surface area (Å²) in [5, 5.41) is 3.38. The van der Waals surface area contributed by atoms with Crippen LogP contribution in [0.15, 0.2) is 60.9 Å². The SMILES string of the molecule is Cc1ccc(Cl)cc1NC(=O)c1cnc(N(C)Cc2ccccc2)cn1. The largest absolute Gasteiger partial charge is 0.354 e. The third kappa shape index (κ3) is 4.37. The molecule has 2 aromatic carbocycles. The second-order valence-corrected chi connectivity index (χ2v) is 6.45. The van der Waals surface area contributed by atoms with Gasteiger partial charge in [-0.2, -0.15) is 0 Å². The summed E-state index contributed by atoms with van der Waals surface area (Å²) in [7, 11) is 1.94. The lowest BCUT2D eigenvalue weighted by atomic mass is 10.2. The molecule has 5 nitrogen and oxygen atoms in total. The Bertz CT molecular complexity index is 897. The summed E-state index contributed by atoms with van der Waals surface area (Å²) in [6, 6.07) is 15.4. The lowest BCUT2D eigenvalue weighted by Gasteiger charge is -2.18. The van der Waals surface area contributed by atoms with Gasteiger partial charge in [0.25, 0.3) is 5.91 Å². The molecule has 0 saturated heterocycles. The lowest BCUT2D eigenvalue weighted by Crippen LogP contribution is -2.19. The fourth-order valence-corrected chi connectivity index (χ4v) is 2.66. The van der Waals surface area contributed by atoms with Gasteiger partial charge in [0.2, 0.25) is 0 Å². The standard InChI is InChI=1S/C20H19ClN4O/c1-14-8-9-16(21)10-17(14)24-20(26)18-11-23-19(12-22-18)25(2)13-15-6-4-3-5-7-15/h3-12H,13H2,1-2H3,(H,24,26). The zero-order chi connectivity index (χ0) is 18.5. The third-order valence-electron chi connectivity index (χ3n) is 3.97. The number of rotatable bonds is 5. The Balaban J connectivity index is 1.68. The number of carbonyl (C=O) groups is 1. The first-order chi connectivity index (χ1) is 12.5. The van der Waals surface area contributed by atoms with Crippen molar-refractivity contribution in [3.05, 3.63) is 82.8 Å². The molecule has 26 heavy (non-hydrogen) atoms. The molecule has 0 saturated carbocycles. The van der Waals surface area contributed by atoms with Gasteiger partial charge in [0.1, 0.15) is 11.5 Å². The molecule has 1 heterocycles. The number of aromatic nitrogens is 2. The van der Waals surface area contributed by atoms with Crippen LogP contribution in [0.4, 0.5) is 11.5 Å². The molecule has 3 rings (SSSR count). The Morgan fingerprint density at radius 1 is 1.12 bits per heavy atom. The number of nitrogens with one attached hydrogen (secondary N) is 1. The van der Waals surface area contributed by atoms with Gasteiger partial charge in [0, 0.05) is 24.3 Å². The minimum Gasteiger partial charge on any atom is -0.354 e. The highest BCUT2D eigenvalue weighted by molar-refractivity contribution is 6.31. The molecule has 1 amide bonds. The number of halogens is 1. The number of hydrogen-bond acceptors (Lipinski definition) is 4. The quantitative estimate of drug-likeness (QED) is 0.730. The maximum Gasteiger partial charge on any atom is 0.275 e. The first-order valence-corrected chi connectivity index (χ1v) is 8.55. The summed E-state index contributed by atoms with van der Waals surface area (Å²) in [5.41, 5.74) is 3.01. The van der Waals surface area contributed by atoms with Gasteiger partial charge in [-0.1, -0.05) is 48.0 Å². The molecule has 0 bridgehead atoms. The zero-order valence-electron chi connectivity index (χ0n) is 14.6. The molecule has 0 spiro atoms. The lowest BCUT2D eigenvalue weighted by molar-refractivity contribution is 0.102. The molecule has 0 fully saturated rings. The van der Waals surface area contributed by atoms with Crippen molar-refractivity contribution < 1.29 is 4.79 Å². The molecule has 0 aliphatic rings. The zero-order valence-corrected chi connectivity index (χ0v) is 15.4. The molecule has 0 atom stereocenters. The van der Waals surface area contributed by atoms with Crippen LogP contribution >= 0.6 is 11.6 Å². The van der Waals surface area contributed by atoms with E-state index in [0.717, 1.165) is 5.56 Å². The molecule has 132 valence electrons. The van der Waals surface area contributed by atoms with E-state index in [-0.39, 0.29) is 11.6 Å². The van der Waals surface area contributed by atoms with E-state index in [1.807, 2.05) is 43.1 Å². The van der Waals surface area contributed by atoms with Gasteiger partial charge >= 0.3 is 0 Å². The third-order valence-corrected chi connectivity index (χ3v) is 4.21. The van der Waals surface area contributed by atoms with Crippen molar-refractivity contribution in [2.24, 2.45) is 0 Å². The van der Waals surface area contributed by atoms with Crippen LogP contribution in [0.5, 0.6) is 0 Å². The van der Waals surface area contributed by atoms with Crippen molar-refractivity contribution in [1.29, 1.82) is 0 Å². The summed E-state index contributed by atoms with van der Waals surface area (Å²) < 4.78 is 0. The smallest absolute Gasteiger partial charge is 0.275 e. The fourth-order valence-electron chi connectivity index (χ4n) is 2.49. The number of aryl methyl sites for hydroxylation is 1. The van der Waals surface area contributed by atoms with E-state index in [4.69, 9.17) is 11.6 Å². The van der Waals surface area contributed by atoms with E-state index in [0.29, 0.717) is 23.1 Å². The van der Waals surface area contributed by atoms with Crippen LogP contribution in [0, 0.1) is 6.92 Å². The summed E-state index contributed by atoms with van der Waals surface area (Å²) in [6.07, 6.45) is 3.08. The number of carbonyl (C=O) groups excluding carboxylic acids is 1. The van der Waals surface area contributed by atoms with E-state index >= 15 is 0 Å². The van der Waals surface area contributed by atoms with Crippen LogP contribution in [-0.4, -0.2) is 22.9 Å². The van der Waals surface area contributed by atoms with Crippen molar-refractivity contribution in [3.8, 4) is 0 Å². The summed E-state index contributed by atoms with van der Waals surface area (Å²) >= 11 is 5.98. The maximum atomic E-state index is 12.4. The number of anilines is 2. The molecule has 1 N–H and O–H groups in total. The van der Waals surface area contributed by atoms with Gasteiger partial charge < -0.3 is 10.2 Å². The van der Waals surface area contributed by atoms with Crippen molar-refractivity contribution in [2.75, 3.05) is 17.3 Å². The van der Waals surface area contributed by atoms with Crippen molar-refractivity contribution in [1.82, 2.24) is 9.97 Å². The average molecular weight is 367 g/mol. The van der Waals surface area contributed by atoms with Crippen LogP contribution < -0.4 is 10.2 Å². The molecular weight excluding hydrogens is 348 g/mol. The van der Waals surface area contributed by atoms with Crippen LogP contribution in [-0.2, 0) is 6.54 Å². The molecule has 0 aliphatic heterocycles. The fraction of sp³-hybridized carbons (Fsp3) is 0.150. The van der Waals surface area contributed by atoms with Crippen LogP contribution in [0.3, 0.4) is 0 Å². The molecule has 0 aliphatic carbocycles. The molecule has 0 unspecified atom stereocenters. The van der Waals surface area contributed by atoms with Gasteiger partial charge in [-0.25, -0.2) is 9.97 Å². The summed E-state index contributed by atoms with van der Waals surface area (Å²) in [4.78, 5) is 23.0. The average Bonchev–Trinajstić information content (AvgIpc) is 2.65. The van der Waals surface area contributed by atoms with Gasteiger partial charge in [-0.05, 0) is 30.2 Å². The van der Waals surface area contributed by atoms with E-state index in [1.165, 1.54) is 11.8 Å². The highest BCUT2D eigenvalue weighted by atomic mass is 35.5. The summed E-state index contributed by atoms with van der Waals surface area (Å²) in [6.45, 7) is 2.61. The highest BCUT2D eigenvalue weighted by Gasteiger charge is 2.12. The number of amides is 1. The molecule has 0 radical (unpaired) electrons. The minimum atomic E-state index is -0.319. The predicted molar refractivity (Wildman–Crippen MR) is 105 cm³/mol. The van der Waals surface area contributed by atoms with Crippen LogP contribution in [0.25, 0.3) is 0 Å². The number of hydrogen-bond donors (Lipinski definition) is 1. The van der Waals surface area contributed by atoms with Crippen LogP contribution in [0.1, 0.15) is 21.6 Å². The Kier molecular flexibility index (Phi) is 5.49. The Morgan fingerprint density at radius 2 is 1.88 bits per heavy atom. The first kappa shape index (κ1) is 17.9. The molecule has 1 aromatic heterocycles. The Hall–Kier alpha value is -2.92. The number of nitrogens with zero attached hydrogens (tertiary/aromatic N) is 3. The predicted octanol–water partition coefficient (Wildman–Crippen LogP) is 4.33. The monoisotopic (exact) mass is 366 g/mol. The van der Waals surface area contributed by atoms with Gasteiger partial charge in [0.15, 0.2) is 0 Å². The van der Waals surface area contributed by atoms with Gasteiger partial charge in [-0.3, -0.25) is 4.79 Å². The van der Waals surface area contributed by atoms with E-state index in [9.17, 15) is 4.79 Å². The van der Waals surface area contributed by atoms with Crippen molar-refractivity contribution >= 4 is 29.0 Å². The second-order valence-electron chi connectivity index (χ2n) is 6.01. The Labute approximate surface area is 157 Å². The minimum absolute atomic E-state index is 0.251. The highest BCUT2D eigenvalue weighted by Crippen LogP contribution is 2.21. The van der Waals surface area contributed by atoms with Crippen molar-refractivity contribution in [2.45, 2.75) is 13.5 Å². The Morgan fingerprint density at radius 3 is 2.58 bits per heavy atom. The van der Waals surface area contributed by atoms with Crippen LogP contribution in [0.2, 0.25) is 5.02 Å². The van der Waals surface area contributed by atoms with Gasteiger partial charge in [-0.15, -0.1) is 0 Å². The van der Waals surface area contributed by atoms with Gasteiger partial charge in [0.05, 0.1) is 12.4 Å². The number of benzene rings is 2. The first-order valence-electron chi connectivity index (χ1n) is 8.17.